The summed E-state index contributed by atoms with van der Waals surface area (Å²) in [6.45, 7) is 7.25. The summed E-state index contributed by atoms with van der Waals surface area (Å²) in [6.07, 6.45) is 0. The van der Waals surface area contributed by atoms with Gasteiger partial charge in [0, 0.05) is 39.3 Å². The monoisotopic (exact) mass is 399 g/mol. The Kier molecular flexibility index (Phi) is 4.26. The van der Waals surface area contributed by atoms with Crippen LogP contribution in [0.1, 0.15) is 17.3 Å². The highest BCUT2D eigenvalue weighted by molar-refractivity contribution is 7.17. The second kappa shape index (κ2) is 6.80. The van der Waals surface area contributed by atoms with Gasteiger partial charge in [0.2, 0.25) is 5.78 Å². The number of aromatic nitrogens is 5. The van der Waals surface area contributed by atoms with E-state index >= 15 is 0 Å². The Morgan fingerprint density at radius 2 is 1.89 bits per heavy atom. The second-order valence-electron chi connectivity index (χ2n) is 7.24. The van der Waals surface area contributed by atoms with Crippen molar-refractivity contribution >= 4 is 27.3 Å². The Morgan fingerprint density at radius 3 is 2.61 bits per heavy atom. The van der Waals surface area contributed by atoms with E-state index in [0.717, 1.165) is 60.2 Å². The van der Waals surface area contributed by atoms with E-state index in [1.165, 1.54) is 11.3 Å². The zero-order valence-electron chi connectivity index (χ0n) is 15.8. The molecule has 0 amide bonds. The lowest BCUT2D eigenvalue weighted by Gasteiger charge is -2.33. The van der Waals surface area contributed by atoms with Crippen LogP contribution in [0.4, 0.5) is 0 Å². The van der Waals surface area contributed by atoms with Crippen LogP contribution < -0.4 is 5.56 Å². The van der Waals surface area contributed by atoms with Crippen molar-refractivity contribution < 1.29 is 4.52 Å². The fourth-order valence-corrected chi connectivity index (χ4v) is 4.62. The smallest absolute Gasteiger partial charge is 0.272 e. The number of fused-ring (bicyclic) bond motifs is 3. The van der Waals surface area contributed by atoms with Crippen molar-refractivity contribution in [3.05, 3.63) is 45.1 Å². The van der Waals surface area contributed by atoms with Gasteiger partial charge < -0.3 is 4.52 Å². The molecule has 0 N–H and O–H groups in total. The minimum atomic E-state index is -0.0206. The maximum absolute atomic E-state index is 12.5. The maximum Gasteiger partial charge on any atom is 0.272 e. The van der Waals surface area contributed by atoms with Gasteiger partial charge in [-0.1, -0.05) is 5.16 Å². The molecule has 10 heteroatoms. The molecular formula is C18H21N7O2S. The molecule has 1 fully saturated rings. The van der Waals surface area contributed by atoms with Crippen molar-refractivity contribution in [1.82, 2.24) is 34.1 Å². The number of thiophene rings is 1. The average molecular weight is 399 g/mol. The normalized spacial score (nSPS) is 16.5. The lowest BCUT2D eigenvalue weighted by atomic mass is 10.3. The van der Waals surface area contributed by atoms with Crippen molar-refractivity contribution in [1.29, 1.82) is 0 Å². The molecule has 5 rings (SSSR count). The molecule has 0 aromatic carbocycles. The third-order valence-electron chi connectivity index (χ3n) is 5.28. The van der Waals surface area contributed by atoms with Gasteiger partial charge >= 0.3 is 0 Å². The van der Waals surface area contributed by atoms with Crippen molar-refractivity contribution in [3.8, 4) is 0 Å². The Labute approximate surface area is 164 Å². The number of aryl methyl sites for hydroxylation is 2. The van der Waals surface area contributed by atoms with Crippen molar-refractivity contribution in [2.24, 2.45) is 7.05 Å². The van der Waals surface area contributed by atoms with E-state index in [1.54, 1.807) is 11.6 Å². The maximum atomic E-state index is 12.5. The van der Waals surface area contributed by atoms with Gasteiger partial charge in [-0.25, -0.2) is 0 Å². The molecule has 1 aliphatic rings. The van der Waals surface area contributed by atoms with Crippen LogP contribution in [0.5, 0.6) is 0 Å². The van der Waals surface area contributed by atoms with Crippen LogP contribution in [0.3, 0.4) is 0 Å². The summed E-state index contributed by atoms with van der Waals surface area (Å²) in [5, 5.41) is 14.6. The number of rotatable bonds is 4. The fraction of sp³-hybridized carbons (Fsp3) is 0.444. The molecule has 28 heavy (non-hydrogen) atoms. The van der Waals surface area contributed by atoms with Gasteiger partial charge in [-0.05, 0) is 18.4 Å². The van der Waals surface area contributed by atoms with Crippen LogP contribution in [0.25, 0.3) is 16.0 Å². The van der Waals surface area contributed by atoms with Crippen molar-refractivity contribution in [2.75, 3.05) is 26.2 Å². The molecule has 1 aliphatic heterocycles. The average Bonchev–Trinajstić information content (AvgIpc) is 3.41. The van der Waals surface area contributed by atoms with E-state index in [0.29, 0.717) is 12.3 Å². The first-order valence-electron chi connectivity index (χ1n) is 9.27. The summed E-state index contributed by atoms with van der Waals surface area (Å²) in [7, 11) is 1.75. The summed E-state index contributed by atoms with van der Waals surface area (Å²) >= 11 is 1.46. The molecule has 0 unspecified atom stereocenters. The molecule has 0 atom stereocenters. The largest absolute Gasteiger partial charge is 0.360 e. The minimum Gasteiger partial charge on any atom is -0.360 e. The third-order valence-corrected chi connectivity index (χ3v) is 6.17. The van der Waals surface area contributed by atoms with Gasteiger partial charge in [-0.3, -0.25) is 23.6 Å². The zero-order valence-corrected chi connectivity index (χ0v) is 16.6. The van der Waals surface area contributed by atoms with E-state index in [2.05, 4.69) is 25.2 Å². The molecule has 0 bridgehead atoms. The molecule has 0 radical (unpaired) electrons. The van der Waals surface area contributed by atoms with Gasteiger partial charge in [-0.2, -0.15) is 0 Å². The summed E-state index contributed by atoms with van der Waals surface area (Å²) in [4.78, 5) is 17.2. The molecule has 0 spiro atoms. The van der Waals surface area contributed by atoms with Gasteiger partial charge in [0.1, 0.15) is 4.70 Å². The molecule has 1 saturated heterocycles. The highest BCUT2D eigenvalue weighted by Crippen LogP contribution is 2.20. The van der Waals surface area contributed by atoms with Gasteiger partial charge in [-0.15, -0.1) is 21.5 Å². The molecule has 146 valence electrons. The number of nitrogens with zero attached hydrogens (tertiary/aromatic N) is 7. The Balaban J connectivity index is 1.33. The van der Waals surface area contributed by atoms with E-state index in [4.69, 9.17) is 4.52 Å². The lowest BCUT2D eigenvalue weighted by Crippen LogP contribution is -2.45. The van der Waals surface area contributed by atoms with Gasteiger partial charge in [0.05, 0.1) is 24.3 Å². The topological polar surface area (TPSA) is 84.7 Å². The van der Waals surface area contributed by atoms with E-state index < -0.39 is 0 Å². The Bertz CT molecular complexity index is 1200. The number of piperazine rings is 1. The Hall–Kier alpha value is -2.56. The van der Waals surface area contributed by atoms with Crippen molar-refractivity contribution in [2.45, 2.75) is 20.0 Å². The highest BCUT2D eigenvalue weighted by atomic mass is 32.1. The fourth-order valence-electron chi connectivity index (χ4n) is 3.77. The summed E-state index contributed by atoms with van der Waals surface area (Å²) in [5.41, 5.74) is 1.79. The summed E-state index contributed by atoms with van der Waals surface area (Å²) in [5.74, 6) is 2.37. The van der Waals surface area contributed by atoms with Crippen LogP contribution >= 0.6 is 11.3 Å². The van der Waals surface area contributed by atoms with Crippen LogP contribution in [0.15, 0.2) is 26.8 Å². The van der Waals surface area contributed by atoms with Crippen LogP contribution in [-0.4, -0.2) is 60.3 Å². The first-order valence-corrected chi connectivity index (χ1v) is 10.2. The first kappa shape index (κ1) is 17.5. The van der Waals surface area contributed by atoms with Crippen LogP contribution in [0.2, 0.25) is 0 Å². The highest BCUT2D eigenvalue weighted by Gasteiger charge is 2.22. The van der Waals surface area contributed by atoms with E-state index in [9.17, 15) is 4.79 Å². The summed E-state index contributed by atoms with van der Waals surface area (Å²) in [6, 6.07) is 3.96. The quantitative estimate of drug-likeness (QED) is 0.511. The lowest BCUT2D eigenvalue weighted by molar-refractivity contribution is 0.111. The molecule has 5 heterocycles. The molecule has 4 aromatic rings. The standard InChI is InChI=1S/C18H21N7O2S/c1-12-9-13(27-21-12)10-23-4-6-24(7-5-23)11-15-19-20-18-22(2)17(26)16-14(25(15)18)3-8-28-16/h3,8-9H,4-7,10-11H2,1-2H3. The Morgan fingerprint density at radius 1 is 1.14 bits per heavy atom. The summed E-state index contributed by atoms with van der Waals surface area (Å²) < 4.78 is 9.65. The van der Waals surface area contributed by atoms with E-state index in [-0.39, 0.29) is 5.56 Å². The number of hydrogen-bond acceptors (Lipinski definition) is 8. The molecule has 4 aromatic heterocycles. The predicted octanol–water partition coefficient (Wildman–Crippen LogP) is 1.26. The minimum absolute atomic E-state index is 0.0206. The van der Waals surface area contributed by atoms with Crippen LogP contribution in [0, 0.1) is 6.92 Å². The zero-order chi connectivity index (χ0) is 19.3. The predicted molar refractivity (Wildman–Crippen MR) is 105 cm³/mol. The first-order chi connectivity index (χ1) is 13.6. The molecule has 0 aliphatic carbocycles. The SMILES string of the molecule is Cc1cc(CN2CCN(Cc3nnc4n(C)c(=O)c5sccc5n34)CC2)on1. The molecule has 9 nitrogen and oxygen atoms in total. The third kappa shape index (κ3) is 2.93. The second-order valence-corrected chi connectivity index (χ2v) is 8.15. The molecular weight excluding hydrogens is 378 g/mol. The van der Waals surface area contributed by atoms with Crippen LogP contribution in [-0.2, 0) is 20.1 Å². The van der Waals surface area contributed by atoms with Gasteiger partial charge in [0.25, 0.3) is 5.56 Å². The van der Waals surface area contributed by atoms with E-state index in [1.807, 2.05) is 28.8 Å². The molecule has 0 saturated carbocycles. The van der Waals surface area contributed by atoms with Gasteiger partial charge in [0.15, 0.2) is 11.6 Å². The van der Waals surface area contributed by atoms with Crippen molar-refractivity contribution in [3.63, 3.8) is 0 Å². The number of hydrogen-bond donors (Lipinski definition) is 0.